The van der Waals surface area contributed by atoms with Crippen molar-refractivity contribution in [3.05, 3.63) is 64.3 Å². The number of aromatic nitrogens is 1. The van der Waals surface area contributed by atoms with Crippen LogP contribution in [0.3, 0.4) is 0 Å². The van der Waals surface area contributed by atoms with Gasteiger partial charge in [0.05, 0.1) is 23.3 Å². The molecule has 0 saturated carbocycles. The summed E-state index contributed by atoms with van der Waals surface area (Å²) in [5.41, 5.74) is 4.32. The third-order valence-corrected chi connectivity index (χ3v) is 5.06. The van der Waals surface area contributed by atoms with E-state index in [0.29, 0.717) is 22.4 Å². The van der Waals surface area contributed by atoms with Gasteiger partial charge in [-0.15, -0.1) is 0 Å². The van der Waals surface area contributed by atoms with Crippen molar-refractivity contribution >= 4 is 16.7 Å². The number of nitrogens with zero attached hydrogens (tertiary/aromatic N) is 1. The topological polar surface area (TPSA) is 65.9 Å². The summed E-state index contributed by atoms with van der Waals surface area (Å²) in [6.07, 6.45) is 0.0489. The van der Waals surface area contributed by atoms with E-state index in [1.807, 2.05) is 38.1 Å². The molecule has 0 radical (unpaired) electrons. The average molecular weight is 344 g/mol. The van der Waals surface area contributed by atoms with Gasteiger partial charge in [-0.3, -0.25) is 4.79 Å². The second kappa shape index (κ2) is 5.47. The van der Waals surface area contributed by atoms with Crippen molar-refractivity contribution in [3.63, 3.8) is 0 Å². The lowest BCUT2D eigenvalue weighted by Gasteiger charge is -2.32. The molecule has 0 bridgehead atoms. The zero-order valence-corrected chi connectivity index (χ0v) is 15.3. The van der Waals surface area contributed by atoms with Gasteiger partial charge in [0.25, 0.3) is 0 Å². The van der Waals surface area contributed by atoms with Crippen LogP contribution in [0.5, 0.6) is 5.75 Å². The van der Waals surface area contributed by atoms with E-state index in [-0.39, 0.29) is 17.3 Å². The van der Waals surface area contributed by atoms with Crippen molar-refractivity contribution in [1.29, 1.82) is 5.26 Å². The van der Waals surface area contributed by atoms with Gasteiger partial charge in [0.15, 0.2) is 5.78 Å². The second-order valence-electron chi connectivity index (χ2n) is 7.58. The van der Waals surface area contributed by atoms with E-state index in [0.717, 1.165) is 22.2 Å². The molecule has 0 aliphatic heterocycles. The number of aromatic amines is 1. The van der Waals surface area contributed by atoms with E-state index < -0.39 is 0 Å². The Kier molecular flexibility index (Phi) is 3.45. The first-order valence-corrected chi connectivity index (χ1v) is 8.75. The van der Waals surface area contributed by atoms with E-state index in [1.54, 1.807) is 12.1 Å². The second-order valence-corrected chi connectivity index (χ2v) is 7.58. The summed E-state index contributed by atoms with van der Waals surface area (Å²) in [7, 11) is 0. The molecule has 0 unspecified atom stereocenters. The molecule has 0 spiro atoms. The summed E-state index contributed by atoms with van der Waals surface area (Å²) >= 11 is 0. The largest absolute Gasteiger partial charge is 0.491 e. The number of nitriles is 1. The Labute approximate surface area is 152 Å². The standard InChI is InChI=1S/C22H20N2O2/c1-12(2)26-14-6-8-17-16(10-14)20(25)19-15-7-5-13(11-23)9-18(15)24-21(19)22(17,3)4/h5-10,12,24H,1-4H3. The van der Waals surface area contributed by atoms with Gasteiger partial charge in [-0.2, -0.15) is 5.26 Å². The van der Waals surface area contributed by atoms with E-state index in [2.05, 4.69) is 24.9 Å². The maximum Gasteiger partial charge on any atom is 0.195 e. The maximum absolute atomic E-state index is 13.3. The minimum atomic E-state index is -0.346. The summed E-state index contributed by atoms with van der Waals surface area (Å²) in [6, 6.07) is 13.3. The predicted molar refractivity (Wildman–Crippen MR) is 101 cm³/mol. The summed E-state index contributed by atoms with van der Waals surface area (Å²) in [4.78, 5) is 16.7. The number of H-pyrrole nitrogens is 1. The number of hydrogen-bond donors (Lipinski definition) is 1. The van der Waals surface area contributed by atoms with E-state index in [1.165, 1.54) is 0 Å². The van der Waals surface area contributed by atoms with Gasteiger partial charge in [-0.05, 0) is 43.7 Å². The molecule has 26 heavy (non-hydrogen) atoms. The molecule has 0 saturated heterocycles. The SMILES string of the molecule is CC(C)Oc1ccc2c(c1)C(=O)c1c([nH]c3cc(C#N)ccc13)C2(C)C. The van der Waals surface area contributed by atoms with Crippen molar-refractivity contribution in [2.45, 2.75) is 39.2 Å². The van der Waals surface area contributed by atoms with Crippen LogP contribution in [-0.2, 0) is 5.41 Å². The first kappa shape index (κ1) is 16.4. The molecule has 0 amide bonds. The van der Waals surface area contributed by atoms with Gasteiger partial charge >= 0.3 is 0 Å². The first-order valence-electron chi connectivity index (χ1n) is 8.75. The molecular weight excluding hydrogens is 324 g/mol. The molecule has 4 heteroatoms. The minimum Gasteiger partial charge on any atom is -0.491 e. The highest BCUT2D eigenvalue weighted by Gasteiger charge is 2.39. The molecule has 4 nitrogen and oxygen atoms in total. The highest BCUT2D eigenvalue weighted by atomic mass is 16.5. The first-order chi connectivity index (χ1) is 12.3. The van der Waals surface area contributed by atoms with Crippen LogP contribution < -0.4 is 4.74 Å². The zero-order chi connectivity index (χ0) is 18.6. The maximum atomic E-state index is 13.3. The lowest BCUT2D eigenvalue weighted by molar-refractivity contribution is 0.103. The van der Waals surface area contributed by atoms with Crippen LogP contribution in [-0.4, -0.2) is 16.9 Å². The lowest BCUT2D eigenvalue weighted by Crippen LogP contribution is -2.30. The third-order valence-electron chi connectivity index (χ3n) is 5.06. The van der Waals surface area contributed by atoms with Gasteiger partial charge < -0.3 is 9.72 Å². The van der Waals surface area contributed by atoms with Gasteiger partial charge in [0.2, 0.25) is 0 Å². The number of benzene rings is 2. The predicted octanol–water partition coefficient (Wildman–Crippen LogP) is 4.70. The molecule has 1 aromatic heterocycles. The molecule has 2 aromatic carbocycles. The van der Waals surface area contributed by atoms with Gasteiger partial charge in [0.1, 0.15) is 5.75 Å². The van der Waals surface area contributed by atoms with Crippen molar-refractivity contribution in [2.24, 2.45) is 0 Å². The van der Waals surface area contributed by atoms with Crippen LogP contribution in [0.15, 0.2) is 36.4 Å². The number of carbonyl (C=O) groups is 1. The fourth-order valence-electron chi connectivity index (χ4n) is 3.84. The number of ketones is 1. The Bertz CT molecular complexity index is 1100. The van der Waals surface area contributed by atoms with Gasteiger partial charge in [-0.25, -0.2) is 0 Å². The number of rotatable bonds is 2. The van der Waals surface area contributed by atoms with Crippen molar-refractivity contribution in [1.82, 2.24) is 4.98 Å². The van der Waals surface area contributed by atoms with Crippen LogP contribution in [0.1, 0.15) is 60.4 Å². The molecule has 1 heterocycles. The Morgan fingerprint density at radius 1 is 1.15 bits per heavy atom. The van der Waals surface area contributed by atoms with Crippen molar-refractivity contribution < 1.29 is 9.53 Å². The lowest BCUT2D eigenvalue weighted by atomic mass is 9.71. The quantitative estimate of drug-likeness (QED) is 0.733. The number of nitrogens with one attached hydrogen (secondary N) is 1. The Hall–Kier alpha value is -3.06. The van der Waals surface area contributed by atoms with Crippen LogP contribution in [0, 0.1) is 11.3 Å². The Morgan fingerprint density at radius 2 is 1.92 bits per heavy atom. The molecule has 1 aliphatic rings. The van der Waals surface area contributed by atoms with Crippen molar-refractivity contribution in [2.75, 3.05) is 0 Å². The highest BCUT2D eigenvalue weighted by molar-refractivity contribution is 6.20. The Balaban J connectivity index is 1.97. The summed E-state index contributed by atoms with van der Waals surface area (Å²) in [5, 5.41) is 10.0. The molecular formula is C22H20N2O2. The molecule has 3 aromatic rings. The number of ether oxygens (including phenoxy) is 1. The molecule has 0 fully saturated rings. The Morgan fingerprint density at radius 3 is 2.62 bits per heavy atom. The highest BCUT2D eigenvalue weighted by Crippen LogP contribution is 2.44. The molecule has 1 N–H and O–H groups in total. The number of carbonyl (C=O) groups excluding carboxylic acids is 1. The van der Waals surface area contributed by atoms with Crippen LogP contribution in [0.25, 0.3) is 10.9 Å². The normalized spacial score (nSPS) is 14.8. The summed E-state index contributed by atoms with van der Waals surface area (Å²) in [5.74, 6) is 0.706. The minimum absolute atomic E-state index is 0.000473. The smallest absolute Gasteiger partial charge is 0.195 e. The van der Waals surface area contributed by atoms with E-state index in [9.17, 15) is 4.79 Å². The van der Waals surface area contributed by atoms with Crippen LogP contribution in [0.2, 0.25) is 0 Å². The molecule has 1 aliphatic carbocycles. The van der Waals surface area contributed by atoms with Crippen LogP contribution in [0.4, 0.5) is 0 Å². The molecule has 130 valence electrons. The third kappa shape index (κ3) is 2.24. The fraction of sp³-hybridized carbons (Fsp3) is 0.273. The van der Waals surface area contributed by atoms with Gasteiger partial charge in [0, 0.05) is 27.6 Å². The summed E-state index contributed by atoms with van der Waals surface area (Å²) in [6.45, 7) is 8.16. The summed E-state index contributed by atoms with van der Waals surface area (Å²) < 4.78 is 5.79. The molecule has 4 rings (SSSR count). The molecule has 0 atom stereocenters. The zero-order valence-electron chi connectivity index (χ0n) is 15.3. The fourth-order valence-corrected chi connectivity index (χ4v) is 3.84. The van der Waals surface area contributed by atoms with Crippen LogP contribution >= 0.6 is 0 Å². The monoisotopic (exact) mass is 344 g/mol. The van der Waals surface area contributed by atoms with E-state index >= 15 is 0 Å². The number of hydrogen-bond acceptors (Lipinski definition) is 3. The average Bonchev–Trinajstić information content (AvgIpc) is 2.99. The number of fused-ring (bicyclic) bond motifs is 4. The van der Waals surface area contributed by atoms with Gasteiger partial charge in [-0.1, -0.05) is 26.0 Å². The van der Waals surface area contributed by atoms with E-state index in [4.69, 9.17) is 10.00 Å². The van der Waals surface area contributed by atoms with Crippen molar-refractivity contribution in [3.8, 4) is 11.8 Å².